The highest BCUT2D eigenvalue weighted by molar-refractivity contribution is 6.14. The highest BCUT2D eigenvalue weighted by Crippen LogP contribution is 2.22. The predicted molar refractivity (Wildman–Crippen MR) is 79.0 cm³/mol. The maximum absolute atomic E-state index is 12.4. The van der Waals surface area contributed by atoms with Gasteiger partial charge in [0, 0.05) is 13.2 Å². The van der Waals surface area contributed by atoms with E-state index in [1.54, 1.807) is 37.0 Å². The quantitative estimate of drug-likeness (QED) is 0.626. The summed E-state index contributed by atoms with van der Waals surface area (Å²) in [5.41, 5.74) is 2.50. The molecule has 0 atom stereocenters. The number of hydrogen-bond acceptors (Lipinski definition) is 4. The van der Waals surface area contributed by atoms with Crippen LogP contribution in [0.3, 0.4) is 0 Å². The SMILES string of the molecule is COc1ccc(C)cc1C(=O)CC(=O)c1cn(C)nc1C. The summed E-state index contributed by atoms with van der Waals surface area (Å²) in [4.78, 5) is 24.6. The van der Waals surface area contributed by atoms with Gasteiger partial charge in [0.1, 0.15) is 5.75 Å². The van der Waals surface area contributed by atoms with E-state index >= 15 is 0 Å². The van der Waals surface area contributed by atoms with Crippen LogP contribution in [0.1, 0.15) is 38.4 Å². The van der Waals surface area contributed by atoms with E-state index in [1.807, 2.05) is 13.0 Å². The highest BCUT2D eigenvalue weighted by Gasteiger charge is 2.20. The Kier molecular flexibility index (Phi) is 4.21. The lowest BCUT2D eigenvalue weighted by Crippen LogP contribution is -2.10. The third-order valence-electron chi connectivity index (χ3n) is 3.29. The Morgan fingerprint density at radius 1 is 1.19 bits per heavy atom. The van der Waals surface area contributed by atoms with Crippen molar-refractivity contribution in [1.82, 2.24) is 9.78 Å². The number of aromatic nitrogens is 2. The number of nitrogens with zero attached hydrogens (tertiary/aromatic N) is 2. The van der Waals surface area contributed by atoms with Gasteiger partial charge in [0.25, 0.3) is 0 Å². The molecule has 21 heavy (non-hydrogen) atoms. The van der Waals surface area contributed by atoms with E-state index in [1.165, 1.54) is 7.11 Å². The number of carbonyl (C=O) groups is 2. The van der Waals surface area contributed by atoms with Gasteiger partial charge in [-0.15, -0.1) is 0 Å². The lowest BCUT2D eigenvalue weighted by molar-refractivity contribution is 0.0892. The first kappa shape index (κ1) is 15.0. The second-order valence-electron chi connectivity index (χ2n) is 5.03. The molecule has 0 N–H and O–H groups in total. The summed E-state index contributed by atoms with van der Waals surface area (Å²) in [7, 11) is 3.25. The number of aryl methyl sites for hydroxylation is 3. The molecule has 1 aromatic heterocycles. The van der Waals surface area contributed by atoms with E-state index in [0.29, 0.717) is 22.6 Å². The Bertz CT molecular complexity index is 702. The molecule has 0 aliphatic carbocycles. The summed E-state index contributed by atoms with van der Waals surface area (Å²) >= 11 is 0. The number of methoxy groups -OCH3 is 1. The van der Waals surface area contributed by atoms with Crippen molar-refractivity contribution in [3.8, 4) is 5.75 Å². The van der Waals surface area contributed by atoms with Gasteiger partial charge >= 0.3 is 0 Å². The number of ketones is 2. The third kappa shape index (κ3) is 3.18. The van der Waals surface area contributed by atoms with Crippen LogP contribution in [-0.2, 0) is 7.05 Å². The Morgan fingerprint density at radius 2 is 1.86 bits per heavy atom. The van der Waals surface area contributed by atoms with Crippen molar-refractivity contribution in [1.29, 1.82) is 0 Å². The van der Waals surface area contributed by atoms with E-state index in [9.17, 15) is 9.59 Å². The number of benzene rings is 1. The largest absolute Gasteiger partial charge is 0.496 e. The zero-order valence-corrected chi connectivity index (χ0v) is 12.6. The molecule has 0 saturated heterocycles. The molecule has 0 aliphatic heterocycles. The van der Waals surface area contributed by atoms with Gasteiger partial charge in [0.15, 0.2) is 11.6 Å². The van der Waals surface area contributed by atoms with Gasteiger partial charge in [0.2, 0.25) is 0 Å². The van der Waals surface area contributed by atoms with Crippen molar-refractivity contribution < 1.29 is 14.3 Å². The standard InChI is InChI=1S/C16H18N2O3/c1-10-5-6-16(21-4)12(7-10)14(19)8-15(20)13-9-18(3)17-11(13)2/h5-7,9H,8H2,1-4H3. The minimum Gasteiger partial charge on any atom is -0.496 e. The van der Waals surface area contributed by atoms with Crippen molar-refractivity contribution in [2.24, 2.45) is 7.05 Å². The predicted octanol–water partition coefficient (Wildman–Crippen LogP) is 2.50. The second kappa shape index (κ2) is 5.91. The van der Waals surface area contributed by atoms with Crippen molar-refractivity contribution in [2.75, 3.05) is 7.11 Å². The smallest absolute Gasteiger partial charge is 0.174 e. The van der Waals surface area contributed by atoms with E-state index in [0.717, 1.165) is 5.56 Å². The third-order valence-corrected chi connectivity index (χ3v) is 3.29. The van der Waals surface area contributed by atoms with Gasteiger partial charge in [-0.2, -0.15) is 5.10 Å². The number of carbonyl (C=O) groups excluding carboxylic acids is 2. The molecule has 0 aliphatic rings. The first-order chi connectivity index (χ1) is 9.92. The van der Waals surface area contributed by atoms with Crippen LogP contribution >= 0.6 is 0 Å². The van der Waals surface area contributed by atoms with Gasteiger partial charge in [-0.1, -0.05) is 11.6 Å². The van der Waals surface area contributed by atoms with Crippen LogP contribution in [-0.4, -0.2) is 28.5 Å². The molecule has 0 unspecified atom stereocenters. The average molecular weight is 286 g/mol. The number of Topliss-reactive ketones (excluding diaryl/α,β-unsaturated/α-hetero) is 2. The summed E-state index contributed by atoms with van der Waals surface area (Å²) < 4.78 is 6.76. The van der Waals surface area contributed by atoms with Crippen LogP contribution in [0, 0.1) is 13.8 Å². The van der Waals surface area contributed by atoms with E-state index < -0.39 is 0 Å². The van der Waals surface area contributed by atoms with Gasteiger partial charge in [-0.05, 0) is 26.0 Å². The summed E-state index contributed by atoms with van der Waals surface area (Å²) in [6.07, 6.45) is 1.45. The fourth-order valence-corrected chi connectivity index (χ4v) is 2.25. The molecule has 0 amide bonds. The Labute approximate surface area is 123 Å². The van der Waals surface area contributed by atoms with Gasteiger partial charge in [0.05, 0.1) is 30.4 Å². The van der Waals surface area contributed by atoms with Gasteiger partial charge < -0.3 is 4.74 Å². The zero-order valence-electron chi connectivity index (χ0n) is 12.6. The lowest BCUT2D eigenvalue weighted by atomic mass is 10.00. The Morgan fingerprint density at radius 3 is 2.43 bits per heavy atom. The molecule has 110 valence electrons. The normalized spacial score (nSPS) is 10.5. The van der Waals surface area contributed by atoms with Crippen LogP contribution in [0.15, 0.2) is 24.4 Å². The fraction of sp³-hybridized carbons (Fsp3) is 0.312. The van der Waals surface area contributed by atoms with Crippen molar-refractivity contribution >= 4 is 11.6 Å². The van der Waals surface area contributed by atoms with Gasteiger partial charge in [-0.3, -0.25) is 14.3 Å². The van der Waals surface area contributed by atoms with E-state index in [4.69, 9.17) is 4.74 Å². The molecule has 0 fully saturated rings. The van der Waals surface area contributed by atoms with Crippen LogP contribution in [0.4, 0.5) is 0 Å². The van der Waals surface area contributed by atoms with Crippen molar-refractivity contribution in [3.63, 3.8) is 0 Å². The lowest BCUT2D eigenvalue weighted by Gasteiger charge is -2.08. The highest BCUT2D eigenvalue weighted by atomic mass is 16.5. The average Bonchev–Trinajstić information content (AvgIpc) is 2.77. The number of ether oxygens (including phenoxy) is 1. The molecule has 0 bridgehead atoms. The number of rotatable bonds is 5. The molecular formula is C16H18N2O3. The Hall–Kier alpha value is -2.43. The first-order valence-electron chi connectivity index (χ1n) is 6.63. The molecule has 2 aromatic rings. The molecule has 0 spiro atoms. The molecule has 0 radical (unpaired) electrons. The molecule has 2 rings (SSSR count). The topological polar surface area (TPSA) is 61.2 Å². The maximum atomic E-state index is 12.4. The van der Waals surface area contributed by atoms with Crippen LogP contribution in [0.5, 0.6) is 5.75 Å². The minimum atomic E-state index is -0.246. The maximum Gasteiger partial charge on any atom is 0.174 e. The zero-order chi connectivity index (χ0) is 15.6. The van der Waals surface area contributed by atoms with Crippen LogP contribution in [0.2, 0.25) is 0 Å². The van der Waals surface area contributed by atoms with Crippen molar-refractivity contribution in [3.05, 3.63) is 46.8 Å². The first-order valence-corrected chi connectivity index (χ1v) is 6.63. The fourth-order valence-electron chi connectivity index (χ4n) is 2.25. The minimum absolute atomic E-state index is 0.188. The summed E-state index contributed by atoms with van der Waals surface area (Å²) in [5, 5.41) is 4.12. The van der Waals surface area contributed by atoms with Crippen LogP contribution in [0.25, 0.3) is 0 Å². The van der Waals surface area contributed by atoms with Crippen LogP contribution < -0.4 is 4.74 Å². The summed E-state index contributed by atoms with van der Waals surface area (Å²) in [6.45, 7) is 3.65. The molecular weight excluding hydrogens is 268 g/mol. The Balaban J connectivity index is 2.24. The van der Waals surface area contributed by atoms with Gasteiger partial charge in [-0.25, -0.2) is 0 Å². The molecule has 5 heteroatoms. The molecule has 5 nitrogen and oxygen atoms in total. The summed E-state index contributed by atoms with van der Waals surface area (Å²) in [5.74, 6) is 0.0132. The van der Waals surface area contributed by atoms with E-state index in [-0.39, 0.29) is 18.0 Å². The monoisotopic (exact) mass is 286 g/mol. The van der Waals surface area contributed by atoms with Crippen molar-refractivity contribution in [2.45, 2.75) is 20.3 Å². The molecule has 0 saturated carbocycles. The number of hydrogen-bond donors (Lipinski definition) is 0. The molecule has 1 aromatic carbocycles. The molecule has 1 heterocycles. The second-order valence-corrected chi connectivity index (χ2v) is 5.03. The summed E-state index contributed by atoms with van der Waals surface area (Å²) in [6, 6.07) is 5.34. The van der Waals surface area contributed by atoms with E-state index in [2.05, 4.69) is 5.10 Å².